The standard InChI is InChI=1S/C7H9NO3.2C2H6/c1-4-5-6(8-11-3)7(9)10-2;2*1-2/h1-3H3;2*1-2H3/b8-6+;;. The van der Waals surface area contributed by atoms with E-state index in [9.17, 15) is 4.79 Å². The minimum atomic E-state index is -0.596. The van der Waals surface area contributed by atoms with Gasteiger partial charge in [-0.1, -0.05) is 38.8 Å². The topological polar surface area (TPSA) is 47.9 Å². The zero-order chi connectivity index (χ0) is 12.7. The van der Waals surface area contributed by atoms with Gasteiger partial charge in [-0.3, -0.25) is 0 Å². The monoisotopic (exact) mass is 215 g/mol. The SMILES string of the molecule is CC.CC.CC#C/C(=N\OC)C(=O)OC. The Kier molecular flexibility index (Phi) is 23.4. The number of ether oxygens (including phenoxy) is 1. The first-order chi connectivity index (χ1) is 7.26. The van der Waals surface area contributed by atoms with Crippen LogP contribution in [0.25, 0.3) is 0 Å². The average Bonchev–Trinajstić information content (AvgIpc) is 2.33. The van der Waals surface area contributed by atoms with E-state index >= 15 is 0 Å². The number of esters is 1. The van der Waals surface area contributed by atoms with Gasteiger partial charge >= 0.3 is 5.97 Å². The molecule has 0 aliphatic heterocycles. The van der Waals surface area contributed by atoms with Crippen LogP contribution in [0.4, 0.5) is 0 Å². The molecule has 0 unspecified atom stereocenters. The average molecular weight is 215 g/mol. The van der Waals surface area contributed by atoms with E-state index in [1.54, 1.807) is 6.92 Å². The Balaban J connectivity index is -0.000000318. The molecule has 0 rings (SSSR count). The van der Waals surface area contributed by atoms with Crippen LogP contribution in [0.3, 0.4) is 0 Å². The van der Waals surface area contributed by atoms with E-state index in [1.165, 1.54) is 14.2 Å². The molecule has 0 radical (unpaired) electrons. The highest BCUT2D eigenvalue weighted by Crippen LogP contribution is 1.82. The first-order valence-corrected chi connectivity index (χ1v) is 4.88. The summed E-state index contributed by atoms with van der Waals surface area (Å²) < 4.78 is 4.37. The third-order valence-electron chi connectivity index (χ3n) is 0.805. The van der Waals surface area contributed by atoms with Crippen LogP contribution in [0.1, 0.15) is 34.6 Å². The van der Waals surface area contributed by atoms with Crippen LogP contribution in [0.5, 0.6) is 0 Å². The molecule has 0 heterocycles. The van der Waals surface area contributed by atoms with E-state index in [-0.39, 0.29) is 5.71 Å². The predicted molar refractivity (Wildman–Crippen MR) is 62.6 cm³/mol. The quantitative estimate of drug-likeness (QED) is 0.307. The van der Waals surface area contributed by atoms with Gasteiger partial charge in [0.1, 0.15) is 7.11 Å². The van der Waals surface area contributed by atoms with Gasteiger partial charge in [0.15, 0.2) is 0 Å². The molecular formula is C11H21NO3. The van der Waals surface area contributed by atoms with Crippen molar-refractivity contribution >= 4 is 11.7 Å². The highest BCUT2D eigenvalue weighted by atomic mass is 16.6. The van der Waals surface area contributed by atoms with E-state index < -0.39 is 5.97 Å². The Labute approximate surface area is 92.6 Å². The van der Waals surface area contributed by atoms with Crippen LogP contribution in [0.2, 0.25) is 0 Å². The highest BCUT2D eigenvalue weighted by Gasteiger charge is 2.08. The molecular weight excluding hydrogens is 194 g/mol. The molecule has 0 saturated carbocycles. The Morgan fingerprint density at radius 1 is 1.13 bits per heavy atom. The third-order valence-corrected chi connectivity index (χ3v) is 0.805. The summed E-state index contributed by atoms with van der Waals surface area (Å²) in [5.41, 5.74) is -0.0301. The van der Waals surface area contributed by atoms with Gasteiger partial charge in [0.25, 0.3) is 0 Å². The molecule has 0 aliphatic carbocycles. The van der Waals surface area contributed by atoms with Crippen LogP contribution < -0.4 is 0 Å². The number of nitrogens with zero attached hydrogens (tertiary/aromatic N) is 1. The molecule has 0 saturated heterocycles. The molecule has 0 N–H and O–H groups in total. The smallest absolute Gasteiger partial charge is 0.368 e. The summed E-state index contributed by atoms with van der Waals surface area (Å²) in [5.74, 6) is 4.34. The van der Waals surface area contributed by atoms with Gasteiger partial charge in [0, 0.05) is 0 Å². The first-order valence-electron chi connectivity index (χ1n) is 4.88. The van der Waals surface area contributed by atoms with E-state index in [4.69, 9.17) is 0 Å². The number of rotatable bonds is 2. The lowest BCUT2D eigenvalue weighted by Gasteiger charge is -1.93. The van der Waals surface area contributed by atoms with Gasteiger partial charge in [0.05, 0.1) is 7.11 Å². The Hall–Kier alpha value is -1.50. The maximum Gasteiger partial charge on any atom is 0.368 e. The molecule has 0 amide bonds. The maximum atomic E-state index is 10.8. The number of carbonyl (C=O) groups excluding carboxylic acids is 1. The van der Waals surface area contributed by atoms with E-state index in [0.717, 1.165) is 0 Å². The number of hydrogen-bond acceptors (Lipinski definition) is 4. The lowest BCUT2D eigenvalue weighted by Crippen LogP contribution is -2.13. The minimum absolute atomic E-state index is 0.0301. The van der Waals surface area contributed by atoms with Gasteiger partial charge in [-0.2, -0.15) is 0 Å². The second-order valence-corrected chi connectivity index (χ2v) is 1.49. The lowest BCUT2D eigenvalue weighted by molar-refractivity contribution is -0.132. The van der Waals surface area contributed by atoms with Crippen LogP contribution in [-0.2, 0) is 14.4 Å². The number of oxime groups is 1. The van der Waals surface area contributed by atoms with Crippen molar-refractivity contribution in [3.05, 3.63) is 0 Å². The van der Waals surface area contributed by atoms with Crippen molar-refractivity contribution in [2.75, 3.05) is 14.2 Å². The van der Waals surface area contributed by atoms with Crippen molar-refractivity contribution in [1.82, 2.24) is 0 Å². The van der Waals surface area contributed by atoms with Gasteiger partial charge < -0.3 is 9.57 Å². The number of methoxy groups -OCH3 is 1. The molecule has 4 heteroatoms. The van der Waals surface area contributed by atoms with Gasteiger partial charge in [-0.15, -0.1) is 0 Å². The zero-order valence-electron chi connectivity index (χ0n) is 10.7. The first kappa shape index (κ1) is 19.1. The summed E-state index contributed by atoms with van der Waals surface area (Å²) in [6.07, 6.45) is 0. The number of hydrogen-bond donors (Lipinski definition) is 0. The molecule has 0 spiro atoms. The van der Waals surface area contributed by atoms with Crippen molar-refractivity contribution in [3.63, 3.8) is 0 Å². The summed E-state index contributed by atoms with van der Waals surface area (Å²) in [5, 5.41) is 3.35. The Bertz CT molecular complexity index is 224. The molecule has 0 bridgehead atoms. The summed E-state index contributed by atoms with van der Waals surface area (Å²) in [4.78, 5) is 15.1. The third kappa shape index (κ3) is 12.5. The van der Waals surface area contributed by atoms with Crippen molar-refractivity contribution < 1.29 is 14.4 Å². The van der Waals surface area contributed by atoms with Crippen molar-refractivity contribution in [3.8, 4) is 11.8 Å². The molecule has 0 aromatic carbocycles. The summed E-state index contributed by atoms with van der Waals surface area (Å²) >= 11 is 0. The van der Waals surface area contributed by atoms with Crippen LogP contribution in [0.15, 0.2) is 5.16 Å². The van der Waals surface area contributed by atoms with Crippen LogP contribution >= 0.6 is 0 Å². The molecule has 0 aromatic rings. The Morgan fingerprint density at radius 2 is 1.60 bits per heavy atom. The fourth-order valence-corrected chi connectivity index (χ4v) is 0.417. The van der Waals surface area contributed by atoms with Crippen LogP contribution in [0, 0.1) is 11.8 Å². The van der Waals surface area contributed by atoms with Crippen LogP contribution in [-0.4, -0.2) is 25.9 Å². The fourth-order valence-electron chi connectivity index (χ4n) is 0.417. The van der Waals surface area contributed by atoms with Crippen molar-refractivity contribution in [2.45, 2.75) is 34.6 Å². The summed E-state index contributed by atoms with van der Waals surface area (Å²) in [7, 11) is 2.59. The minimum Gasteiger partial charge on any atom is -0.464 e. The van der Waals surface area contributed by atoms with Gasteiger partial charge in [-0.25, -0.2) is 4.79 Å². The molecule has 0 fully saturated rings. The van der Waals surface area contributed by atoms with Crippen molar-refractivity contribution in [2.24, 2.45) is 5.16 Å². The maximum absolute atomic E-state index is 10.8. The fraction of sp³-hybridized carbons (Fsp3) is 0.636. The zero-order valence-corrected chi connectivity index (χ0v) is 10.7. The molecule has 88 valence electrons. The summed E-state index contributed by atoms with van der Waals surface area (Å²) in [6.45, 7) is 9.59. The predicted octanol–water partition coefficient (Wildman–Crippen LogP) is 2.24. The molecule has 0 aromatic heterocycles. The number of carbonyl (C=O) groups is 1. The van der Waals surface area contributed by atoms with E-state index in [1.807, 2.05) is 27.7 Å². The van der Waals surface area contributed by atoms with Gasteiger partial charge in [0.2, 0.25) is 5.71 Å². The van der Waals surface area contributed by atoms with E-state index in [0.29, 0.717) is 0 Å². The highest BCUT2D eigenvalue weighted by molar-refractivity contribution is 6.43. The Morgan fingerprint density at radius 3 is 1.87 bits per heavy atom. The lowest BCUT2D eigenvalue weighted by atomic mass is 10.4. The van der Waals surface area contributed by atoms with Crippen molar-refractivity contribution in [1.29, 1.82) is 0 Å². The second-order valence-electron chi connectivity index (χ2n) is 1.49. The second kappa shape index (κ2) is 18.3. The molecule has 0 atom stereocenters. The normalized spacial score (nSPS) is 7.80. The summed E-state index contributed by atoms with van der Waals surface area (Å²) in [6, 6.07) is 0. The molecule has 0 aliphatic rings. The molecule has 4 nitrogen and oxygen atoms in total. The largest absolute Gasteiger partial charge is 0.464 e. The molecule has 15 heavy (non-hydrogen) atoms. The van der Waals surface area contributed by atoms with Gasteiger partial charge in [-0.05, 0) is 12.8 Å². The van der Waals surface area contributed by atoms with E-state index in [2.05, 4.69) is 26.6 Å².